The molecule has 1 atom stereocenters. The first-order valence-corrected chi connectivity index (χ1v) is 7.82. The Bertz CT molecular complexity index is 868. The number of nitro groups is 1. The highest BCUT2D eigenvalue weighted by molar-refractivity contribution is 6.31. The third kappa shape index (κ3) is 3.10. The number of hydrogen-bond acceptors (Lipinski definition) is 5. The molecule has 1 heterocycles. The maximum atomic E-state index is 12.1. The third-order valence-electron chi connectivity index (χ3n) is 4.16. The van der Waals surface area contributed by atoms with E-state index in [1.54, 1.807) is 12.1 Å². The van der Waals surface area contributed by atoms with Crippen LogP contribution < -0.4 is 14.8 Å². The molecule has 1 amide bonds. The molecule has 0 radical (unpaired) electrons. The van der Waals surface area contributed by atoms with E-state index < -0.39 is 10.8 Å². The van der Waals surface area contributed by atoms with Crippen LogP contribution >= 0.6 is 11.6 Å². The number of ether oxygens (including phenoxy) is 2. The highest BCUT2D eigenvalue weighted by Gasteiger charge is 2.30. The maximum Gasteiger partial charge on any atom is 0.269 e. The molecule has 2 aromatic carbocycles. The lowest BCUT2D eigenvalue weighted by Crippen LogP contribution is -2.24. The smallest absolute Gasteiger partial charge is 0.269 e. The van der Waals surface area contributed by atoms with Crippen molar-refractivity contribution >= 4 is 28.9 Å². The molecule has 1 aliphatic rings. The Morgan fingerprint density at radius 3 is 2.48 bits per heavy atom. The van der Waals surface area contributed by atoms with Gasteiger partial charge >= 0.3 is 0 Å². The van der Waals surface area contributed by atoms with Crippen LogP contribution in [0.25, 0.3) is 0 Å². The standard InChI is InChI=1S/C17H15ClN2O5/c1-24-15-6-12-10(7-17(21)19-14(12)8-16(15)25-2)11-5-9(20(22)23)3-4-13(11)18/h3-6,8,10H,7H2,1-2H3,(H,19,21)/t10-/m0/s1. The van der Waals surface area contributed by atoms with Gasteiger partial charge in [-0.15, -0.1) is 0 Å². The van der Waals surface area contributed by atoms with Crippen LogP contribution in [-0.4, -0.2) is 25.1 Å². The Kier molecular flexibility index (Phi) is 4.50. The molecule has 0 fully saturated rings. The fourth-order valence-electron chi connectivity index (χ4n) is 2.98. The van der Waals surface area contributed by atoms with E-state index in [0.717, 1.165) is 5.56 Å². The molecule has 1 N–H and O–H groups in total. The Balaban J connectivity index is 2.18. The lowest BCUT2D eigenvalue weighted by atomic mass is 9.84. The van der Waals surface area contributed by atoms with Crippen molar-refractivity contribution in [3.63, 3.8) is 0 Å². The molecule has 0 unspecified atom stereocenters. The predicted molar refractivity (Wildman–Crippen MR) is 92.7 cm³/mol. The molecule has 0 spiro atoms. The molecular weight excluding hydrogens is 348 g/mol. The normalized spacial score (nSPS) is 16.0. The van der Waals surface area contributed by atoms with Crippen molar-refractivity contribution in [2.45, 2.75) is 12.3 Å². The molecule has 0 saturated heterocycles. The summed E-state index contributed by atoms with van der Waals surface area (Å²) in [7, 11) is 3.02. The van der Waals surface area contributed by atoms with Crippen LogP contribution in [0.5, 0.6) is 11.5 Å². The topological polar surface area (TPSA) is 90.7 Å². The average molecular weight is 363 g/mol. The van der Waals surface area contributed by atoms with Gasteiger partial charge in [0, 0.05) is 41.2 Å². The second-order valence-corrected chi connectivity index (χ2v) is 5.97. The van der Waals surface area contributed by atoms with Crippen LogP contribution in [0.3, 0.4) is 0 Å². The van der Waals surface area contributed by atoms with E-state index in [2.05, 4.69) is 5.32 Å². The van der Waals surface area contributed by atoms with Crippen LogP contribution in [0.1, 0.15) is 23.5 Å². The number of nitrogens with zero attached hydrogens (tertiary/aromatic N) is 1. The summed E-state index contributed by atoms with van der Waals surface area (Å²) >= 11 is 6.27. The minimum atomic E-state index is -0.488. The highest BCUT2D eigenvalue weighted by Crippen LogP contribution is 2.45. The summed E-state index contributed by atoms with van der Waals surface area (Å²) < 4.78 is 10.6. The van der Waals surface area contributed by atoms with E-state index in [9.17, 15) is 14.9 Å². The number of rotatable bonds is 4. The summed E-state index contributed by atoms with van der Waals surface area (Å²) in [6.45, 7) is 0. The summed E-state index contributed by atoms with van der Waals surface area (Å²) in [5.41, 5.74) is 1.78. The number of anilines is 1. The van der Waals surface area contributed by atoms with Gasteiger partial charge in [-0.3, -0.25) is 14.9 Å². The van der Waals surface area contributed by atoms with Crippen molar-refractivity contribution in [3.05, 3.63) is 56.6 Å². The quantitative estimate of drug-likeness (QED) is 0.660. The van der Waals surface area contributed by atoms with Crippen molar-refractivity contribution in [1.29, 1.82) is 0 Å². The van der Waals surface area contributed by atoms with Crippen LogP contribution in [0.15, 0.2) is 30.3 Å². The minimum absolute atomic E-state index is 0.0765. The zero-order valence-corrected chi connectivity index (χ0v) is 14.3. The molecule has 130 valence electrons. The number of nitro benzene ring substituents is 1. The largest absolute Gasteiger partial charge is 0.493 e. The Labute approximate surface area is 148 Å². The number of carbonyl (C=O) groups is 1. The Hall–Kier alpha value is -2.80. The first-order valence-electron chi connectivity index (χ1n) is 7.44. The van der Waals surface area contributed by atoms with Crippen molar-refractivity contribution in [1.82, 2.24) is 0 Å². The number of amides is 1. The molecular formula is C17H15ClN2O5. The molecule has 0 aromatic heterocycles. The summed E-state index contributed by atoms with van der Waals surface area (Å²) in [5, 5.41) is 14.2. The Morgan fingerprint density at radius 1 is 1.16 bits per heavy atom. The summed E-state index contributed by atoms with van der Waals surface area (Å²) in [4.78, 5) is 22.7. The van der Waals surface area contributed by atoms with Crippen molar-refractivity contribution in [2.24, 2.45) is 0 Å². The number of nitrogens with one attached hydrogen (secondary N) is 1. The van der Waals surface area contributed by atoms with E-state index in [0.29, 0.717) is 27.8 Å². The van der Waals surface area contributed by atoms with Gasteiger partial charge in [0.2, 0.25) is 5.91 Å². The van der Waals surface area contributed by atoms with Crippen molar-refractivity contribution in [2.75, 3.05) is 19.5 Å². The zero-order valence-electron chi connectivity index (χ0n) is 13.5. The van der Waals surface area contributed by atoms with E-state index in [1.807, 2.05) is 0 Å². The lowest BCUT2D eigenvalue weighted by Gasteiger charge is -2.27. The van der Waals surface area contributed by atoms with Gasteiger partial charge < -0.3 is 14.8 Å². The molecule has 7 nitrogen and oxygen atoms in total. The van der Waals surface area contributed by atoms with Gasteiger partial charge in [-0.2, -0.15) is 0 Å². The van der Waals surface area contributed by atoms with E-state index in [4.69, 9.17) is 21.1 Å². The molecule has 1 aliphatic heterocycles. The summed E-state index contributed by atoms with van der Waals surface area (Å²) in [5.74, 6) is 0.361. The van der Waals surface area contributed by atoms with Gasteiger partial charge in [0.15, 0.2) is 11.5 Å². The number of fused-ring (bicyclic) bond motifs is 1. The van der Waals surface area contributed by atoms with E-state index >= 15 is 0 Å². The van der Waals surface area contributed by atoms with Crippen LogP contribution in [0.4, 0.5) is 11.4 Å². The van der Waals surface area contributed by atoms with Gasteiger partial charge in [0.1, 0.15) is 0 Å². The van der Waals surface area contributed by atoms with Gasteiger partial charge in [0.25, 0.3) is 5.69 Å². The van der Waals surface area contributed by atoms with Gasteiger partial charge in [-0.05, 0) is 23.3 Å². The number of halogens is 1. The Morgan fingerprint density at radius 2 is 1.84 bits per heavy atom. The third-order valence-corrected chi connectivity index (χ3v) is 4.50. The number of benzene rings is 2. The minimum Gasteiger partial charge on any atom is -0.493 e. The SMILES string of the molecule is COc1cc2c(cc1OC)[C@H](c1cc([N+](=O)[O-])ccc1Cl)CC(=O)N2. The second-order valence-electron chi connectivity index (χ2n) is 5.56. The summed E-state index contributed by atoms with van der Waals surface area (Å²) in [6.07, 6.45) is 0.128. The van der Waals surface area contributed by atoms with Crippen LogP contribution in [0.2, 0.25) is 5.02 Å². The molecule has 0 saturated carbocycles. The maximum absolute atomic E-state index is 12.1. The first-order chi connectivity index (χ1) is 11.9. The molecule has 25 heavy (non-hydrogen) atoms. The predicted octanol–water partition coefficient (Wildman–Crippen LogP) is 3.74. The zero-order chi connectivity index (χ0) is 18.1. The number of carbonyl (C=O) groups excluding carboxylic acids is 1. The molecule has 3 rings (SSSR count). The number of hydrogen-bond donors (Lipinski definition) is 1. The van der Waals surface area contributed by atoms with E-state index in [1.165, 1.54) is 32.4 Å². The van der Waals surface area contributed by atoms with E-state index in [-0.39, 0.29) is 18.0 Å². The summed E-state index contributed by atoms with van der Waals surface area (Å²) in [6, 6.07) is 7.65. The monoisotopic (exact) mass is 362 g/mol. The fraction of sp³-hybridized carbons (Fsp3) is 0.235. The first kappa shape index (κ1) is 17.0. The fourth-order valence-corrected chi connectivity index (χ4v) is 3.23. The van der Waals surface area contributed by atoms with Crippen molar-refractivity contribution < 1.29 is 19.2 Å². The molecule has 0 bridgehead atoms. The van der Waals surface area contributed by atoms with Gasteiger partial charge in [-0.1, -0.05) is 11.6 Å². The number of methoxy groups -OCH3 is 2. The van der Waals surface area contributed by atoms with Crippen LogP contribution in [-0.2, 0) is 4.79 Å². The molecule has 2 aromatic rings. The van der Waals surface area contributed by atoms with Gasteiger partial charge in [-0.25, -0.2) is 0 Å². The lowest BCUT2D eigenvalue weighted by molar-refractivity contribution is -0.384. The highest BCUT2D eigenvalue weighted by atomic mass is 35.5. The molecule has 8 heteroatoms. The number of non-ortho nitro benzene ring substituents is 1. The van der Waals surface area contributed by atoms with Crippen LogP contribution in [0, 0.1) is 10.1 Å². The van der Waals surface area contributed by atoms with Gasteiger partial charge in [0.05, 0.1) is 19.1 Å². The average Bonchev–Trinajstić information content (AvgIpc) is 2.60. The second kappa shape index (κ2) is 6.60. The van der Waals surface area contributed by atoms with Crippen molar-refractivity contribution in [3.8, 4) is 11.5 Å². The molecule has 0 aliphatic carbocycles.